The van der Waals surface area contributed by atoms with Gasteiger partial charge in [0.15, 0.2) is 5.78 Å². The van der Waals surface area contributed by atoms with E-state index in [0.29, 0.717) is 22.7 Å². The van der Waals surface area contributed by atoms with E-state index in [1.807, 2.05) is 67.6 Å². The number of para-hydroxylation sites is 1. The molecule has 2 amide bonds. The molecule has 3 rings (SSSR count). The highest BCUT2D eigenvalue weighted by atomic mass is 35.5. The van der Waals surface area contributed by atoms with Gasteiger partial charge in [-0.25, -0.2) is 0 Å². The molecule has 0 fully saturated rings. The van der Waals surface area contributed by atoms with Gasteiger partial charge in [0.2, 0.25) is 11.8 Å². The van der Waals surface area contributed by atoms with Crippen LogP contribution in [0.3, 0.4) is 0 Å². The molecule has 36 heavy (non-hydrogen) atoms. The molecule has 0 aliphatic rings. The van der Waals surface area contributed by atoms with Crippen molar-refractivity contribution in [3.8, 4) is 0 Å². The Morgan fingerprint density at radius 1 is 0.917 bits per heavy atom. The molecule has 0 atom stereocenters. The van der Waals surface area contributed by atoms with Gasteiger partial charge >= 0.3 is 0 Å². The fraction of sp³-hybridized carbons (Fsp3) is 0.207. The monoisotopic (exact) mass is 503 g/mol. The third kappa shape index (κ3) is 7.30. The first-order chi connectivity index (χ1) is 17.3. The van der Waals surface area contributed by atoms with Crippen LogP contribution in [0.4, 0.5) is 11.4 Å². The average Bonchev–Trinajstić information content (AvgIpc) is 2.86. The summed E-state index contributed by atoms with van der Waals surface area (Å²) in [4.78, 5) is 38.0. The van der Waals surface area contributed by atoms with Gasteiger partial charge in [0.1, 0.15) is 0 Å². The molecule has 0 unspecified atom stereocenters. The molecule has 0 radical (unpaired) electrons. The van der Waals surface area contributed by atoms with E-state index in [1.54, 1.807) is 32.3 Å². The number of carbonyl (C=O) groups excluding carboxylic acids is 3. The Morgan fingerprint density at radius 3 is 2.36 bits per heavy atom. The van der Waals surface area contributed by atoms with Gasteiger partial charge in [0.25, 0.3) is 0 Å². The first kappa shape index (κ1) is 26.7. The Bertz CT molecular complexity index is 1280. The number of aryl methyl sites for hydroxylation is 1. The molecule has 7 heteroatoms. The number of hydrogen-bond acceptors (Lipinski definition) is 4. The zero-order valence-corrected chi connectivity index (χ0v) is 21.4. The number of anilines is 2. The highest BCUT2D eigenvalue weighted by Crippen LogP contribution is 2.28. The topological polar surface area (TPSA) is 78.5 Å². The lowest BCUT2D eigenvalue weighted by atomic mass is 9.99. The van der Waals surface area contributed by atoms with Gasteiger partial charge < -0.3 is 15.5 Å². The second-order valence-corrected chi connectivity index (χ2v) is 8.95. The number of rotatable bonds is 10. The van der Waals surface area contributed by atoms with Crippen molar-refractivity contribution < 1.29 is 14.4 Å². The van der Waals surface area contributed by atoms with Crippen LogP contribution in [0.5, 0.6) is 0 Å². The number of amides is 2. The highest BCUT2D eigenvalue weighted by Gasteiger charge is 2.15. The molecular weight excluding hydrogens is 474 g/mol. The Kier molecular flexibility index (Phi) is 9.42. The van der Waals surface area contributed by atoms with E-state index in [0.717, 1.165) is 22.5 Å². The summed E-state index contributed by atoms with van der Waals surface area (Å²) in [5.41, 5.74) is 4.51. The Hall–Kier alpha value is -3.90. The van der Waals surface area contributed by atoms with Crippen molar-refractivity contribution in [2.75, 3.05) is 26.0 Å². The summed E-state index contributed by atoms with van der Waals surface area (Å²) in [7, 11) is 3.34. The van der Waals surface area contributed by atoms with E-state index in [2.05, 4.69) is 10.6 Å². The predicted molar refractivity (Wildman–Crippen MR) is 146 cm³/mol. The fourth-order valence-corrected chi connectivity index (χ4v) is 3.82. The normalized spacial score (nSPS) is 10.8. The zero-order chi connectivity index (χ0) is 26.1. The molecule has 0 aliphatic heterocycles. The molecular formula is C29H30ClN3O3. The molecule has 0 saturated carbocycles. The molecule has 2 N–H and O–H groups in total. The summed E-state index contributed by atoms with van der Waals surface area (Å²) in [5, 5.41) is 6.51. The van der Waals surface area contributed by atoms with Crippen LogP contribution in [0.1, 0.15) is 39.9 Å². The lowest BCUT2D eigenvalue weighted by molar-refractivity contribution is -0.131. The molecule has 0 aliphatic carbocycles. The molecule has 0 heterocycles. The van der Waals surface area contributed by atoms with Crippen LogP contribution in [0.15, 0.2) is 72.8 Å². The summed E-state index contributed by atoms with van der Waals surface area (Å²) >= 11 is 6.49. The molecule has 0 bridgehead atoms. The minimum Gasteiger partial charge on any atom is -0.355 e. The maximum atomic E-state index is 12.9. The van der Waals surface area contributed by atoms with Gasteiger partial charge in [-0.3, -0.25) is 14.4 Å². The van der Waals surface area contributed by atoms with E-state index in [4.69, 9.17) is 11.6 Å². The van der Waals surface area contributed by atoms with E-state index in [-0.39, 0.29) is 30.4 Å². The van der Waals surface area contributed by atoms with Crippen molar-refractivity contribution in [3.05, 3.63) is 100 Å². The van der Waals surface area contributed by atoms with Crippen LogP contribution < -0.4 is 10.6 Å². The van der Waals surface area contributed by atoms with Crippen molar-refractivity contribution >= 4 is 46.6 Å². The quantitative estimate of drug-likeness (QED) is 0.352. The van der Waals surface area contributed by atoms with Crippen LogP contribution in [0.25, 0.3) is 6.08 Å². The molecule has 0 spiro atoms. The second-order valence-electron chi connectivity index (χ2n) is 8.55. The van der Waals surface area contributed by atoms with Crippen molar-refractivity contribution in [3.63, 3.8) is 0 Å². The molecule has 186 valence electrons. The molecule has 0 saturated heterocycles. The van der Waals surface area contributed by atoms with Crippen LogP contribution in [0, 0.1) is 6.92 Å². The molecule has 0 aromatic heterocycles. The number of hydrogen-bond donors (Lipinski definition) is 2. The highest BCUT2D eigenvalue weighted by molar-refractivity contribution is 6.35. The largest absolute Gasteiger partial charge is 0.355 e. The van der Waals surface area contributed by atoms with Crippen LogP contribution >= 0.6 is 11.6 Å². The Labute approximate surface area is 217 Å². The molecule has 3 aromatic carbocycles. The van der Waals surface area contributed by atoms with Gasteiger partial charge in [0.05, 0.1) is 5.02 Å². The third-order valence-electron chi connectivity index (χ3n) is 5.62. The van der Waals surface area contributed by atoms with Gasteiger partial charge in [-0.2, -0.15) is 0 Å². The van der Waals surface area contributed by atoms with Crippen LogP contribution in [0.2, 0.25) is 5.02 Å². The van der Waals surface area contributed by atoms with E-state index in [1.165, 1.54) is 4.90 Å². The minimum atomic E-state index is -0.170. The maximum Gasteiger partial charge on any atom is 0.222 e. The number of benzene rings is 3. The molecule has 3 aromatic rings. The van der Waals surface area contributed by atoms with Crippen molar-refractivity contribution in [2.24, 2.45) is 0 Å². The standard InChI is InChI=1S/C29H30ClN3O3/c1-20-9-4-6-12-23(20)29(36)24-15-14-22(19-25(24)30)32-26-13-7-5-10-21(26)11-8-18-31-27(34)16-17-28(35)33(2)3/h4-15,19,32H,16-18H2,1-3H3,(H,31,34)/b11-8+. The lowest BCUT2D eigenvalue weighted by Gasteiger charge is -2.12. The number of halogens is 1. The summed E-state index contributed by atoms with van der Waals surface area (Å²) in [6.07, 6.45) is 4.10. The number of ketones is 1. The van der Waals surface area contributed by atoms with E-state index >= 15 is 0 Å². The van der Waals surface area contributed by atoms with Gasteiger partial charge in [-0.15, -0.1) is 0 Å². The van der Waals surface area contributed by atoms with Crippen LogP contribution in [-0.2, 0) is 9.59 Å². The summed E-state index contributed by atoms with van der Waals surface area (Å²) in [5.74, 6) is -0.356. The Morgan fingerprint density at radius 2 is 1.64 bits per heavy atom. The van der Waals surface area contributed by atoms with Crippen molar-refractivity contribution in [1.29, 1.82) is 0 Å². The van der Waals surface area contributed by atoms with Gasteiger partial charge in [-0.05, 0) is 42.3 Å². The summed E-state index contributed by atoms with van der Waals surface area (Å²) < 4.78 is 0. The first-order valence-corrected chi connectivity index (χ1v) is 12.0. The van der Waals surface area contributed by atoms with Crippen molar-refractivity contribution in [1.82, 2.24) is 10.2 Å². The smallest absolute Gasteiger partial charge is 0.222 e. The van der Waals surface area contributed by atoms with Crippen LogP contribution in [-0.4, -0.2) is 43.1 Å². The number of carbonyl (C=O) groups is 3. The maximum absolute atomic E-state index is 12.9. The predicted octanol–water partition coefficient (Wildman–Crippen LogP) is 5.62. The number of nitrogens with one attached hydrogen (secondary N) is 2. The average molecular weight is 504 g/mol. The summed E-state index contributed by atoms with van der Waals surface area (Å²) in [6, 6.07) is 20.5. The molecule has 6 nitrogen and oxygen atoms in total. The Balaban J connectivity index is 1.63. The first-order valence-electron chi connectivity index (χ1n) is 11.7. The number of nitrogens with zero attached hydrogens (tertiary/aromatic N) is 1. The minimum absolute atomic E-state index is 0.0756. The van der Waals surface area contributed by atoms with Gasteiger partial charge in [-0.1, -0.05) is 66.2 Å². The fourth-order valence-electron chi connectivity index (χ4n) is 3.55. The van der Waals surface area contributed by atoms with Crippen molar-refractivity contribution in [2.45, 2.75) is 19.8 Å². The second kappa shape index (κ2) is 12.7. The third-order valence-corrected chi connectivity index (χ3v) is 5.94. The van der Waals surface area contributed by atoms with E-state index in [9.17, 15) is 14.4 Å². The zero-order valence-electron chi connectivity index (χ0n) is 20.7. The lowest BCUT2D eigenvalue weighted by Crippen LogP contribution is -2.27. The SMILES string of the molecule is Cc1ccccc1C(=O)c1ccc(Nc2ccccc2/C=C/CNC(=O)CCC(=O)N(C)C)cc1Cl. The van der Waals surface area contributed by atoms with E-state index < -0.39 is 0 Å². The summed E-state index contributed by atoms with van der Waals surface area (Å²) in [6.45, 7) is 2.25. The van der Waals surface area contributed by atoms with Gasteiger partial charge in [0, 0.05) is 56.0 Å².